The van der Waals surface area contributed by atoms with Gasteiger partial charge in [-0.3, -0.25) is 9.59 Å². The zero-order chi connectivity index (χ0) is 23.1. The second-order valence-corrected chi connectivity index (χ2v) is 5.14. The van der Waals surface area contributed by atoms with Crippen LogP contribution in [0.2, 0.25) is 0 Å². The van der Waals surface area contributed by atoms with E-state index in [0.717, 1.165) is 18.2 Å². The first-order valence-corrected chi connectivity index (χ1v) is 11.6. The van der Waals surface area contributed by atoms with Crippen molar-refractivity contribution in [2.24, 2.45) is 10.2 Å². The summed E-state index contributed by atoms with van der Waals surface area (Å²) in [6.07, 6.45) is 9.31. The van der Waals surface area contributed by atoms with Crippen LogP contribution in [0.25, 0.3) is 0 Å². The molecule has 0 unspecified atom stereocenters. The molecule has 166 valence electrons. The Balaban J connectivity index is -0.000000403. The molecule has 0 saturated heterocycles. The van der Waals surface area contributed by atoms with Gasteiger partial charge in [0, 0.05) is 28.2 Å². The standard InChI is InChI=1S/C12H9N3.2C3H7NO.2ClH.2Pd/c13-10-6-8-12(9-7-10)15-14-11-4-2-1-3-5-11;2*1-4(2)3-5;;;;/h1-8,13H;2*3H,1-2H3;2*1H;;/q-2;;;;;2*+2/p-2/b13-10?,15-12-;;;;;;. The average molecular weight is 625 g/mol. The summed E-state index contributed by atoms with van der Waals surface area (Å²) in [5, 5.41) is 16.1. The number of carbonyl (C=O) groups is 2. The van der Waals surface area contributed by atoms with Gasteiger partial charge in [-0.2, -0.15) is 40.6 Å². The van der Waals surface area contributed by atoms with Crippen LogP contribution in [0.15, 0.2) is 58.8 Å². The fraction of sp³-hybridized carbons (Fsp3) is 0.222. The average Bonchev–Trinajstić information content (AvgIpc) is 2.77. The Bertz CT molecular complexity index is 671. The van der Waals surface area contributed by atoms with Crippen molar-refractivity contribution in [1.29, 1.82) is 5.41 Å². The van der Waals surface area contributed by atoms with Crippen molar-refractivity contribution in [3.63, 3.8) is 0 Å². The number of amides is 2. The number of nitrogens with one attached hydrogen (secondary N) is 1. The minimum atomic E-state index is 0.425. The molecule has 0 aliphatic heterocycles. The molecule has 0 saturated carbocycles. The third-order valence-electron chi connectivity index (χ3n) is 2.25. The van der Waals surface area contributed by atoms with E-state index in [2.05, 4.69) is 71.7 Å². The molecule has 0 fully saturated rings. The van der Waals surface area contributed by atoms with Crippen LogP contribution in [0, 0.1) is 11.5 Å². The van der Waals surface area contributed by atoms with E-state index in [0.29, 0.717) is 11.4 Å². The van der Waals surface area contributed by atoms with Crippen LogP contribution < -0.4 is 5.36 Å². The Morgan fingerprint density at radius 1 is 1.00 bits per heavy atom. The molecule has 2 amide bonds. The van der Waals surface area contributed by atoms with Crippen LogP contribution in [0.5, 0.6) is 0 Å². The zero-order valence-corrected chi connectivity index (χ0v) is 20.9. The molecule has 0 heterocycles. The van der Waals surface area contributed by atoms with E-state index < -0.39 is 0 Å². The van der Waals surface area contributed by atoms with Gasteiger partial charge in [0.1, 0.15) is 0 Å². The van der Waals surface area contributed by atoms with E-state index in [4.69, 9.17) is 5.41 Å². The molecule has 0 bridgehead atoms. The van der Waals surface area contributed by atoms with Crippen LogP contribution >= 0.6 is 19.1 Å². The van der Waals surface area contributed by atoms with Gasteiger partial charge in [-0.25, -0.2) is 0 Å². The molecule has 7 nitrogen and oxygen atoms in total. The van der Waals surface area contributed by atoms with Gasteiger partial charge in [0.25, 0.3) is 0 Å². The molecule has 1 aliphatic rings. The van der Waals surface area contributed by atoms with Crippen molar-refractivity contribution in [1.82, 2.24) is 9.80 Å². The summed E-state index contributed by atoms with van der Waals surface area (Å²) < 4.78 is 0. The molecule has 1 aromatic carbocycles. The Kier molecular flexibility index (Phi) is 27.6. The number of halogens is 2. The van der Waals surface area contributed by atoms with Gasteiger partial charge in [-0.05, 0) is 11.1 Å². The van der Waals surface area contributed by atoms with E-state index in [1.165, 1.54) is 9.80 Å². The Morgan fingerprint density at radius 3 is 1.86 bits per heavy atom. The van der Waals surface area contributed by atoms with Crippen LogP contribution in [0.4, 0.5) is 0 Å². The Morgan fingerprint density at radius 2 is 1.52 bits per heavy atom. The molecule has 11 heteroatoms. The third kappa shape index (κ3) is 24.6. The van der Waals surface area contributed by atoms with Crippen molar-refractivity contribution in [2.75, 3.05) is 28.2 Å². The topological polar surface area (TPSA) is 89.2 Å². The molecule has 29 heavy (non-hydrogen) atoms. The van der Waals surface area contributed by atoms with Crippen molar-refractivity contribution in [3.8, 4) is 0 Å². The van der Waals surface area contributed by atoms with Gasteiger partial charge in [0.2, 0.25) is 12.8 Å². The number of rotatable bonds is 3. The normalized spacial score (nSPS) is 11.7. The van der Waals surface area contributed by atoms with Crippen molar-refractivity contribution in [2.45, 2.75) is 0 Å². The summed E-state index contributed by atoms with van der Waals surface area (Å²) >= 11 is 4.44. The summed E-state index contributed by atoms with van der Waals surface area (Å²) in [5.41, 5.74) is 1.06. The van der Waals surface area contributed by atoms with E-state index in [9.17, 15) is 9.59 Å². The molecule has 0 aromatic heterocycles. The van der Waals surface area contributed by atoms with Gasteiger partial charge in [-0.15, -0.1) is 24.3 Å². The summed E-state index contributed by atoms with van der Waals surface area (Å²) in [6, 6.07) is 9.50. The predicted octanol–water partition coefficient (Wildman–Crippen LogP) is 2.39. The summed E-state index contributed by atoms with van der Waals surface area (Å²) in [7, 11) is 15.7. The fourth-order valence-corrected chi connectivity index (χ4v) is 1.09. The second-order valence-electron chi connectivity index (χ2n) is 5.14. The van der Waals surface area contributed by atoms with Gasteiger partial charge in [-0.1, -0.05) is 5.71 Å². The number of hydrogen-bond donors (Lipinski definition) is 1. The molecule has 1 aliphatic carbocycles. The first kappa shape index (κ1) is 32.4. The van der Waals surface area contributed by atoms with Gasteiger partial charge in [0.05, 0.1) is 0 Å². The molecule has 0 atom stereocenters. The van der Waals surface area contributed by atoms with Crippen LogP contribution in [0.1, 0.15) is 0 Å². The van der Waals surface area contributed by atoms with Gasteiger partial charge >= 0.3 is 55.4 Å². The molecular formula is C18H23Cl2N5O2Pd2. The van der Waals surface area contributed by atoms with Crippen LogP contribution in [0.3, 0.4) is 0 Å². The molecular weight excluding hydrogens is 602 g/mol. The fourth-order valence-electron chi connectivity index (χ4n) is 1.09. The number of nitrogens with zero attached hydrogens (tertiary/aromatic N) is 4. The predicted molar refractivity (Wildman–Crippen MR) is 111 cm³/mol. The van der Waals surface area contributed by atoms with Crippen LogP contribution in [-0.4, -0.2) is 62.2 Å². The number of benzene rings is 1. The maximum absolute atomic E-state index is 9.43. The van der Waals surface area contributed by atoms with Crippen molar-refractivity contribution in [3.05, 3.63) is 60.0 Å². The Labute approximate surface area is 201 Å². The minimum absolute atomic E-state index is 0.425. The van der Waals surface area contributed by atoms with Crippen molar-refractivity contribution >= 4 is 43.3 Å². The van der Waals surface area contributed by atoms with E-state index in [-0.39, 0.29) is 0 Å². The molecule has 1 N–H and O–H groups in total. The van der Waals surface area contributed by atoms with E-state index >= 15 is 0 Å². The summed E-state index contributed by atoms with van der Waals surface area (Å²) in [4.78, 5) is 21.8. The third-order valence-corrected chi connectivity index (χ3v) is 2.25. The summed E-state index contributed by atoms with van der Waals surface area (Å²) in [5.74, 6) is 0. The SMILES string of the molecule is CN(C)C=O.CN(C)C=O.N=C1C=[C-]/C(=N\N=c2cccc[cH-]2)C=C1.[Cl][Pd+].[Cl][Pd+]. The monoisotopic (exact) mass is 623 g/mol. The first-order chi connectivity index (χ1) is 13.9. The number of hydrogen-bond acceptors (Lipinski definition) is 5. The van der Waals surface area contributed by atoms with E-state index in [1.807, 2.05) is 30.3 Å². The second kappa shape index (κ2) is 24.7. The number of allylic oxidation sites excluding steroid dienone is 4. The van der Waals surface area contributed by atoms with Gasteiger partial charge in [0.15, 0.2) is 0 Å². The van der Waals surface area contributed by atoms with Crippen LogP contribution in [-0.2, 0) is 46.0 Å². The first-order valence-electron chi connectivity index (χ1n) is 7.56. The maximum atomic E-state index is 9.43. The molecule has 1 aromatic rings. The number of carbonyl (C=O) groups excluding carboxylic acids is 2. The molecule has 0 radical (unpaired) electrons. The molecule has 2 rings (SSSR count). The quantitative estimate of drug-likeness (QED) is 0.184. The van der Waals surface area contributed by atoms with Gasteiger partial charge < -0.3 is 15.2 Å². The van der Waals surface area contributed by atoms with Crippen molar-refractivity contribution < 1.29 is 46.0 Å². The summed E-state index contributed by atoms with van der Waals surface area (Å²) in [6.45, 7) is 0. The van der Waals surface area contributed by atoms with E-state index in [1.54, 1.807) is 46.4 Å². The molecule has 0 spiro atoms. The zero-order valence-electron chi connectivity index (χ0n) is 16.3. The Hall–Kier alpha value is -1.32.